The lowest BCUT2D eigenvalue weighted by Crippen LogP contribution is -2.05. The molecule has 1 heterocycles. The van der Waals surface area contributed by atoms with Gasteiger partial charge in [-0.15, -0.1) is 0 Å². The molecule has 0 amide bonds. The zero-order valence-corrected chi connectivity index (χ0v) is 11.5. The molecule has 0 aliphatic heterocycles. The zero-order valence-electron chi connectivity index (χ0n) is 9.95. The van der Waals surface area contributed by atoms with Crippen LogP contribution in [0.15, 0.2) is 34.9 Å². The van der Waals surface area contributed by atoms with Gasteiger partial charge in [0.15, 0.2) is 0 Å². The summed E-state index contributed by atoms with van der Waals surface area (Å²) in [6.07, 6.45) is 1.45. The van der Waals surface area contributed by atoms with Crippen molar-refractivity contribution in [3.05, 3.63) is 51.9 Å². The van der Waals surface area contributed by atoms with E-state index in [0.29, 0.717) is 4.47 Å². The minimum Gasteiger partial charge on any atom is -0.478 e. The summed E-state index contributed by atoms with van der Waals surface area (Å²) in [5.41, 5.74) is 0.933. The quantitative estimate of drug-likeness (QED) is 0.902. The fourth-order valence-corrected chi connectivity index (χ4v) is 1.88. The van der Waals surface area contributed by atoms with Gasteiger partial charge in [-0.25, -0.2) is 14.2 Å². The number of benzene rings is 1. The van der Waals surface area contributed by atoms with Gasteiger partial charge >= 0.3 is 5.97 Å². The van der Waals surface area contributed by atoms with Gasteiger partial charge in [0.25, 0.3) is 0 Å². The normalized spacial score (nSPS) is 10.3. The molecule has 0 bridgehead atoms. The van der Waals surface area contributed by atoms with E-state index in [9.17, 15) is 9.18 Å². The topological polar surface area (TPSA) is 62.2 Å². The van der Waals surface area contributed by atoms with E-state index in [4.69, 9.17) is 5.11 Å². The monoisotopic (exact) mass is 324 g/mol. The maximum atomic E-state index is 13.7. The third-order valence-corrected chi connectivity index (χ3v) is 2.90. The van der Waals surface area contributed by atoms with Crippen molar-refractivity contribution < 1.29 is 14.3 Å². The van der Waals surface area contributed by atoms with Crippen LogP contribution in [0, 0.1) is 12.7 Å². The molecule has 0 spiro atoms. The predicted octanol–water partition coefficient (Wildman–Crippen LogP) is 3.73. The van der Waals surface area contributed by atoms with Crippen molar-refractivity contribution in [1.82, 2.24) is 4.98 Å². The summed E-state index contributed by atoms with van der Waals surface area (Å²) in [6.45, 7) is 1.77. The largest absolute Gasteiger partial charge is 0.478 e. The highest BCUT2D eigenvalue weighted by Gasteiger charge is 2.13. The number of nitrogens with one attached hydrogen (secondary N) is 1. The van der Waals surface area contributed by atoms with Crippen molar-refractivity contribution in [2.45, 2.75) is 6.92 Å². The molecule has 0 unspecified atom stereocenters. The highest BCUT2D eigenvalue weighted by atomic mass is 79.9. The molecule has 0 radical (unpaired) electrons. The molecule has 0 saturated heterocycles. The minimum absolute atomic E-state index is 0.0330. The first-order chi connectivity index (χ1) is 8.97. The van der Waals surface area contributed by atoms with Gasteiger partial charge in [0.2, 0.25) is 0 Å². The van der Waals surface area contributed by atoms with Gasteiger partial charge in [0.05, 0.1) is 5.69 Å². The lowest BCUT2D eigenvalue weighted by molar-refractivity contribution is 0.0697. The molecular weight excluding hydrogens is 315 g/mol. The number of carboxylic acids is 1. The molecule has 4 nitrogen and oxygen atoms in total. The van der Waals surface area contributed by atoms with Crippen molar-refractivity contribution >= 4 is 33.4 Å². The number of carbonyl (C=O) groups is 1. The first-order valence-electron chi connectivity index (χ1n) is 5.39. The Bertz CT molecular complexity index is 647. The Labute approximate surface area is 117 Å². The Morgan fingerprint density at radius 1 is 1.42 bits per heavy atom. The standard InChI is InChI=1S/C13H10BrFN2O2/c1-7-2-3-11(10(15)4-7)17-12-9(13(18)19)5-8(14)6-16-12/h2-6H,1H3,(H,16,17)(H,18,19). The summed E-state index contributed by atoms with van der Waals surface area (Å²) in [5, 5.41) is 11.8. The second-order valence-corrected chi connectivity index (χ2v) is 4.88. The average Bonchev–Trinajstić information content (AvgIpc) is 2.34. The van der Waals surface area contributed by atoms with Crippen LogP contribution in [0.3, 0.4) is 0 Å². The third kappa shape index (κ3) is 3.08. The summed E-state index contributed by atoms with van der Waals surface area (Å²) in [5.74, 6) is -1.50. The van der Waals surface area contributed by atoms with E-state index >= 15 is 0 Å². The molecule has 19 heavy (non-hydrogen) atoms. The van der Waals surface area contributed by atoms with E-state index in [1.165, 1.54) is 18.3 Å². The minimum atomic E-state index is -1.14. The number of pyridine rings is 1. The average molecular weight is 325 g/mol. The van der Waals surface area contributed by atoms with Gasteiger partial charge in [0, 0.05) is 10.7 Å². The smallest absolute Gasteiger partial charge is 0.339 e. The SMILES string of the molecule is Cc1ccc(Nc2ncc(Br)cc2C(=O)O)c(F)c1. The molecule has 0 aliphatic rings. The van der Waals surface area contributed by atoms with Gasteiger partial charge in [-0.1, -0.05) is 6.07 Å². The molecule has 2 rings (SSSR count). The molecule has 0 saturated carbocycles. The van der Waals surface area contributed by atoms with Crippen molar-refractivity contribution in [1.29, 1.82) is 0 Å². The Morgan fingerprint density at radius 3 is 2.79 bits per heavy atom. The predicted molar refractivity (Wildman–Crippen MR) is 73.3 cm³/mol. The van der Waals surface area contributed by atoms with Crippen molar-refractivity contribution in [2.75, 3.05) is 5.32 Å². The summed E-state index contributed by atoms with van der Waals surface area (Å²) < 4.78 is 14.2. The zero-order chi connectivity index (χ0) is 14.0. The van der Waals surface area contributed by atoms with Crippen LogP contribution in [0.1, 0.15) is 15.9 Å². The number of rotatable bonds is 3. The van der Waals surface area contributed by atoms with Gasteiger partial charge in [-0.05, 0) is 46.6 Å². The third-order valence-electron chi connectivity index (χ3n) is 2.46. The Hall–Kier alpha value is -1.95. The van der Waals surface area contributed by atoms with E-state index in [1.807, 2.05) is 0 Å². The van der Waals surface area contributed by atoms with E-state index < -0.39 is 11.8 Å². The molecule has 1 aromatic heterocycles. The van der Waals surface area contributed by atoms with Crippen LogP contribution < -0.4 is 5.32 Å². The maximum absolute atomic E-state index is 13.7. The summed E-state index contributed by atoms with van der Waals surface area (Å²) in [6, 6.07) is 6.04. The number of hydrogen-bond acceptors (Lipinski definition) is 3. The molecule has 98 valence electrons. The Balaban J connectivity index is 2.40. The summed E-state index contributed by atoms with van der Waals surface area (Å²) >= 11 is 3.15. The molecule has 0 fully saturated rings. The van der Waals surface area contributed by atoms with Crippen molar-refractivity contribution in [3.63, 3.8) is 0 Å². The lowest BCUT2D eigenvalue weighted by atomic mass is 10.2. The van der Waals surface area contributed by atoms with Crippen LogP contribution in [0.2, 0.25) is 0 Å². The molecule has 2 N–H and O–H groups in total. The van der Waals surface area contributed by atoms with Gasteiger partial charge < -0.3 is 10.4 Å². The van der Waals surface area contributed by atoms with Crippen LogP contribution in [0.25, 0.3) is 0 Å². The van der Waals surface area contributed by atoms with Crippen molar-refractivity contribution in [2.24, 2.45) is 0 Å². The van der Waals surface area contributed by atoms with Crippen molar-refractivity contribution in [3.8, 4) is 0 Å². The molecule has 0 aliphatic carbocycles. The number of aryl methyl sites for hydroxylation is 1. The van der Waals surface area contributed by atoms with Crippen LogP contribution >= 0.6 is 15.9 Å². The van der Waals surface area contributed by atoms with Gasteiger partial charge in [0.1, 0.15) is 17.2 Å². The fourth-order valence-electron chi connectivity index (χ4n) is 1.55. The fraction of sp³-hybridized carbons (Fsp3) is 0.0769. The van der Waals surface area contributed by atoms with Gasteiger partial charge in [-0.3, -0.25) is 0 Å². The molecule has 1 aromatic carbocycles. The summed E-state index contributed by atoms with van der Waals surface area (Å²) in [4.78, 5) is 15.1. The van der Waals surface area contributed by atoms with Crippen LogP contribution in [-0.4, -0.2) is 16.1 Å². The van der Waals surface area contributed by atoms with Crippen LogP contribution in [0.4, 0.5) is 15.9 Å². The van der Waals surface area contributed by atoms with E-state index in [-0.39, 0.29) is 17.1 Å². The Morgan fingerprint density at radius 2 is 2.16 bits per heavy atom. The number of halogens is 2. The lowest BCUT2D eigenvalue weighted by Gasteiger charge is -2.10. The number of aromatic carboxylic acids is 1. The number of carboxylic acid groups (broad SMARTS) is 1. The maximum Gasteiger partial charge on any atom is 0.339 e. The van der Waals surface area contributed by atoms with Gasteiger partial charge in [-0.2, -0.15) is 0 Å². The number of hydrogen-bond donors (Lipinski definition) is 2. The second-order valence-electron chi connectivity index (χ2n) is 3.96. The molecule has 2 aromatic rings. The molecule has 6 heteroatoms. The van der Waals surface area contributed by atoms with E-state index in [2.05, 4.69) is 26.2 Å². The van der Waals surface area contributed by atoms with E-state index in [0.717, 1.165) is 5.56 Å². The highest BCUT2D eigenvalue weighted by Crippen LogP contribution is 2.24. The van der Waals surface area contributed by atoms with E-state index in [1.54, 1.807) is 19.1 Å². The summed E-state index contributed by atoms with van der Waals surface area (Å²) in [7, 11) is 0. The van der Waals surface area contributed by atoms with Crippen LogP contribution in [0.5, 0.6) is 0 Å². The first kappa shape index (κ1) is 13.5. The number of anilines is 2. The number of aromatic nitrogens is 1. The number of nitrogens with zero attached hydrogens (tertiary/aromatic N) is 1. The second kappa shape index (κ2) is 5.36. The Kier molecular flexibility index (Phi) is 3.80. The molecular formula is C13H10BrFN2O2. The molecule has 0 atom stereocenters. The first-order valence-corrected chi connectivity index (χ1v) is 6.18. The van der Waals surface area contributed by atoms with Crippen LogP contribution in [-0.2, 0) is 0 Å². The highest BCUT2D eigenvalue weighted by molar-refractivity contribution is 9.10.